The molecule has 17 heavy (non-hydrogen) atoms. The number of amides is 2. The first-order valence-electron chi connectivity index (χ1n) is 5.14. The molecule has 1 atom stereocenters. The minimum absolute atomic E-state index is 0.136. The number of thiazole rings is 1. The van der Waals surface area contributed by atoms with Crippen LogP contribution < -0.4 is 5.73 Å². The molecule has 2 N–H and O–H groups in total. The second-order valence-corrected chi connectivity index (χ2v) is 4.92. The standard InChI is InChI=1S/C10H13N3O3S/c1-10(9(11)15)5-13(2-3-16-10)8(14)7-4-12-6-17-7/h4,6H,2-3,5H2,1H3,(H2,11,15)/t10-/m0/s1. The van der Waals surface area contributed by atoms with Gasteiger partial charge in [-0.3, -0.25) is 14.6 Å². The van der Waals surface area contributed by atoms with Crippen molar-refractivity contribution >= 4 is 23.2 Å². The van der Waals surface area contributed by atoms with Gasteiger partial charge in [0.25, 0.3) is 11.8 Å². The van der Waals surface area contributed by atoms with Gasteiger partial charge in [-0.1, -0.05) is 0 Å². The molecule has 2 rings (SSSR count). The van der Waals surface area contributed by atoms with Crippen molar-refractivity contribution in [1.82, 2.24) is 9.88 Å². The molecule has 0 bridgehead atoms. The molecule has 0 radical (unpaired) electrons. The van der Waals surface area contributed by atoms with E-state index in [9.17, 15) is 9.59 Å². The Labute approximate surface area is 102 Å². The van der Waals surface area contributed by atoms with Crippen LogP contribution in [0.25, 0.3) is 0 Å². The number of ether oxygens (including phenoxy) is 1. The van der Waals surface area contributed by atoms with Crippen molar-refractivity contribution < 1.29 is 14.3 Å². The highest BCUT2D eigenvalue weighted by atomic mass is 32.1. The highest BCUT2D eigenvalue weighted by Gasteiger charge is 2.39. The van der Waals surface area contributed by atoms with Gasteiger partial charge >= 0.3 is 0 Å². The van der Waals surface area contributed by atoms with E-state index in [4.69, 9.17) is 10.5 Å². The summed E-state index contributed by atoms with van der Waals surface area (Å²) in [6.45, 7) is 2.55. The number of carbonyl (C=O) groups excluding carboxylic acids is 2. The smallest absolute Gasteiger partial charge is 0.265 e. The Morgan fingerprint density at radius 3 is 3.00 bits per heavy atom. The van der Waals surface area contributed by atoms with E-state index in [-0.39, 0.29) is 12.5 Å². The number of primary amides is 1. The van der Waals surface area contributed by atoms with E-state index in [1.165, 1.54) is 17.5 Å². The maximum atomic E-state index is 12.1. The first-order valence-corrected chi connectivity index (χ1v) is 6.02. The summed E-state index contributed by atoms with van der Waals surface area (Å²) in [5.74, 6) is -0.692. The van der Waals surface area contributed by atoms with E-state index in [0.717, 1.165) is 0 Å². The zero-order valence-electron chi connectivity index (χ0n) is 9.38. The Bertz CT molecular complexity index is 434. The van der Waals surface area contributed by atoms with Crippen LogP contribution in [-0.4, -0.2) is 47.0 Å². The average Bonchev–Trinajstić information content (AvgIpc) is 2.81. The molecule has 1 aliphatic rings. The van der Waals surface area contributed by atoms with Gasteiger partial charge in [0.1, 0.15) is 4.88 Å². The van der Waals surface area contributed by atoms with Gasteiger partial charge in [-0.15, -0.1) is 11.3 Å². The van der Waals surface area contributed by atoms with Crippen molar-refractivity contribution in [3.05, 3.63) is 16.6 Å². The molecular weight excluding hydrogens is 242 g/mol. The Morgan fingerprint density at radius 2 is 2.41 bits per heavy atom. The van der Waals surface area contributed by atoms with Crippen LogP contribution in [-0.2, 0) is 9.53 Å². The second kappa shape index (κ2) is 4.42. The van der Waals surface area contributed by atoms with E-state index in [1.54, 1.807) is 17.3 Å². The third-order valence-electron chi connectivity index (χ3n) is 2.73. The van der Waals surface area contributed by atoms with Gasteiger partial charge in [0, 0.05) is 6.54 Å². The summed E-state index contributed by atoms with van der Waals surface area (Å²) in [4.78, 5) is 29.3. The highest BCUT2D eigenvalue weighted by Crippen LogP contribution is 2.20. The number of morpholine rings is 1. The summed E-state index contributed by atoms with van der Waals surface area (Å²) in [6, 6.07) is 0. The van der Waals surface area contributed by atoms with Crippen LogP contribution in [0.15, 0.2) is 11.7 Å². The molecule has 1 fully saturated rings. The molecule has 7 heteroatoms. The Kier molecular flexibility index (Phi) is 3.12. The van der Waals surface area contributed by atoms with Crippen LogP contribution in [0, 0.1) is 0 Å². The minimum Gasteiger partial charge on any atom is -0.367 e. The van der Waals surface area contributed by atoms with Gasteiger partial charge in [0.15, 0.2) is 5.60 Å². The number of nitrogens with zero attached hydrogens (tertiary/aromatic N) is 2. The molecule has 2 amide bonds. The number of hydrogen-bond acceptors (Lipinski definition) is 5. The Hall–Kier alpha value is -1.47. The van der Waals surface area contributed by atoms with E-state index in [0.29, 0.717) is 18.0 Å². The average molecular weight is 255 g/mol. The van der Waals surface area contributed by atoms with Crippen molar-refractivity contribution in [2.24, 2.45) is 5.73 Å². The number of carbonyl (C=O) groups is 2. The fraction of sp³-hybridized carbons (Fsp3) is 0.500. The number of aromatic nitrogens is 1. The van der Waals surface area contributed by atoms with Gasteiger partial charge < -0.3 is 15.4 Å². The molecule has 0 saturated carbocycles. The molecule has 0 unspecified atom stereocenters. The van der Waals surface area contributed by atoms with Crippen molar-refractivity contribution in [2.75, 3.05) is 19.7 Å². The maximum absolute atomic E-state index is 12.1. The van der Waals surface area contributed by atoms with E-state index in [2.05, 4.69) is 4.98 Å². The normalized spacial score (nSPS) is 24.6. The van der Waals surface area contributed by atoms with E-state index < -0.39 is 11.5 Å². The molecule has 92 valence electrons. The maximum Gasteiger partial charge on any atom is 0.265 e. The van der Waals surface area contributed by atoms with Crippen LogP contribution >= 0.6 is 11.3 Å². The molecule has 2 heterocycles. The van der Waals surface area contributed by atoms with Gasteiger partial charge in [0.05, 0.1) is 24.9 Å². The summed E-state index contributed by atoms with van der Waals surface area (Å²) in [5, 5.41) is 0. The van der Waals surface area contributed by atoms with Crippen LogP contribution in [0.2, 0.25) is 0 Å². The fourth-order valence-corrected chi connectivity index (χ4v) is 2.26. The Balaban J connectivity index is 2.13. The lowest BCUT2D eigenvalue weighted by Crippen LogP contribution is -2.58. The second-order valence-electron chi connectivity index (χ2n) is 4.04. The molecule has 1 saturated heterocycles. The molecular formula is C10H13N3O3S. The lowest BCUT2D eigenvalue weighted by atomic mass is 10.0. The highest BCUT2D eigenvalue weighted by molar-refractivity contribution is 7.11. The third kappa shape index (κ3) is 2.29. The van der Waals surface area contributed by atoms with Crippen LogP contribution in [0.4, 0.5) is 0 Å². The van der Waals surface area contributed by atoms with E-state index >= 15 is 0 Å². The molecule has 1 aliphatic heterocycles. The molecule has 1 aromatic heterocycles. The summed E-state index contributed by atoms with van der Waals surface area (Å²) >= 11 is 1.27. The van der Waals surface area contributed by atoms with Gasteiger partial charge in [-0.2, -0.15) is 0 Å². The molecule has 0 aromatic carbocycles. The predicted molar refractivity (Wildman–Crippen MR) is 61.6 cm³/mol. The summed E-state index contributed by atoms with van der Waals surface area (Å²) in [5.41, 5.74) is 5.77. The minimum atomic E-state index is -1.10. The zero-order valence-corrected chi connectivity index (χ0v) is 10.2. The monoisotopic (exact) mass is 255 g/mol. The van der Waals surface area contributed by atoms with Gasteiger partial charge in [-0.25, -0.2) is 0 Å². The third-order valence-corrected chi connectivity index (χ3v) is 3.49. The molecule has 1 aromatic rings. The van der Waals surface area contributed by atoms with Gasteiger partial charge in [-0.05, 0) is 6.92 Å². The first kappa shape index (κ1) is 12.0. The number of nitrogens with two attached hydrogens (primary N) is 1. The van der Waals surface area contributed by atoms with Crippen LogP contribution in [0.5, 0.6) is 0 Å². The lowest BCUT2D eigenvalue weighted by Gasteiger charge is -2.38. The number of rotatable bonds is 2. The quantitative estimate of drug-likeness (QED) is 0.797. The fourth-order valence-electron chi connectivity index (χ4n) is 1.67. The lowest BCUT2D eigenvalue weighted by molar-refractivity contribution is -0.150. The zero-order chi connectivity index (χ0) is 12.5. The molecule has 0 spiro atoms. The topological polar surface area (TPSA) is 85.5 Å². The van der Waals surface area contributed by atoms with Crippen molar-refractivity contribution in [1.29, 1.82) is 0 Å². The predicted octanol–water partition coefficient (Wildman–Crippen LogP) is -0.141. The molecule has 0 aliphatic carbocycles. The van der Waals surface area contributed by atoms with Crippen molar-refractivity contribution in [3.63, 3.8) is 0 Å². The van der Waals surface area contributed by atoms with Crippen LogP contribution in [0.3, 0.4) is 0 Å². The summed E-state index contributed by atoms with van der Waals surface area (Å²) < 4.78 is 5.34. The Morgan fingerprint density at radius 1 is 1.65 bits per heavy atom. The van der Waals surface area contributed by atoms with Crippen molar-refractivity contribution in [2.45, 2.75) is 12.5 Å². The van der Waals surface area contributed by atoms with E-state index in [1.807, 2.05) is 0 Å². The SMILES string of the molecule is C[C@@]1(C(N)=O)CN(C(=O)c2cncs2)CCO1. The first-order chi connectivity index (χ1) is 8.03. The molecule has 6 nitrogen and oxygen atoms in total. The van der Waals surface area contributed by atoms with Crippen LogP contribution in [0.1, 0.15) is 16.6 Å². The largest absolute Gasteiger partial charge is 0.367 e. The summed E-state index contributed by atoms with van der Waals surface area (Å²) in [7, 11) is 0. The number of hydrogen-bond donors (Lipinski definition) is 1. The summed E-state index contributed by atoms with van der Waals surface area (Å²) in [6.07, 6.45) is 1.52. The van der Waals surface area contributed by atoms with Crippen molar-refractivity contribution in [3.8, 4) is 0 Å². The van der Waals surface area contributed by atoms with Gasteiger partial charge in [0.2, 0.25) is 0 Å².